The van der Waals surface area contributed by atoms with Gasteiger partial charge in [-0.3, -0.25) is 33.8 Å². The maximum atomic E-state index is 14.7. The maximum absolute atomic E-state index is 14.7. The number of hydrogen-bond donors (Lipinski definition) is 4. The molecule has 0 spiro atoms. The van der Waals surface area contributed by atoms with Gasteiger partial charge in [-0.2, -0.15) is 0 Å². The van der Waals surface area contributed by atoms with Gasteiger partial charge in [-0.05, 0) is 66.4 Å². The monoisotopic (exact) mass is 706 g/mol. The summed E-state index contributed by atoms with van der Waals surface area (Å²) in [6, 6.07) is -0.548. The van der Waals surface area contributed by atoms with Crippen LogP contribution in [0.4, 0.5) is 0 Å². The highest BCUT2D eigenvalue weighted by Crippen LogP contribution is 2.40. The molecule has 2 aliphatic carbocycles. The average molecular weight is 707 g/mol. The molecule has 5 amide bonds. The first kappa shape index (κ1) is 39.7. The highest BCUT2D eigenvalue weighted by molar-refractivity contribution is 6.38. The molecule has 0 bridgehead atoms. The minimum atomic E-state index is -1.02. The van der Waals surface area contributed by atoms with Gasteiger partial charge in [0.25, 0.3) is 11.8 Å². The predicted molar refractivity (Wildman–Crippen MR) is 194 cm³/mol. The topological polar surface area (TPSA) is 167 Å². The van der Waals surface area contributed by atoms with E-state index in [0.29, 0.717) is 24.9 Å². The largest absolute Gasteiger partial charge is 0.346 e. The van der Waals surface area contributed by atoms with Gasteiger partial charge in [-0.25, -0.2) is 0 Å². The molecule has 3 unspecified atom stereocenters. The van der Waals surface area contributed by atoms with E-state index in [1.165, 1.54) is 17.2 Å². The van der Waals surface area contributed by atoms with Crippen molar-refractivity contribution in [3.05, 3.63) is 42.7 Å². The van der Waals surface area contributed by atoms with Crippen LogP contribution in [0.25, 0.3) is 0 Å². The minimum absolute atomic E-state index is 0.0352. The van der Waals surface area contributed by atoms with E-state index in [1.54, 1.807) is 18.3 Å². The smallest absolute Gasteiger partial charge is 0.289 e. The van der Waals surface area contributed by atoms with Gasteiger partial charge in [0.2, 0.25) is 23.5 Å². The number of rotatable bonds is 15. The van der Waals surface area contributed by atoms with Crippen molar-refractivity contribution < 1.29 is 28.8 Å². The molecule has 12 heteroatoms. The Kier molecular flexibility index (Phi) is 13.2. The third-order valence-corrected chi connectivity index (χ3v) is 10.9. The van der Waals surface area contributed by atoms with Gasteiger partial charge in [0, 0.05) is 25.5 Å². The van der Waals surface area contributed by atoms with E-state index in [0.717, 1.165) is 44.9 Å². The molecule has 1 aromatic rings. The van der Waals surface area contributed by atoms with Crippen molar-refractivity contribution in [2.75, 3.05) is 13.1 Å². The zero-order chi connectivity index (χ0) is 37.5. The van der Waals surface area contributed by atoms with Crippen LogP contribution in [0.2, 0.25) is 0 Å². The Morgan fingerprint density at radius 3 is 2.27 bits per heavy atom. The molecule has 3 fully saturated rings. The Labute approximate surface area is 302 Å². The first-order valence-corrected chi connectivity index (χ1v) is 18.6. The van der Waals surface area contributed by atoms with Crippen molar-refractivity contribution in [2.45, 2.75) is 123 Å². The van der Waals surface area contributed by atoms with Crippen molar-refractivity contribution in [1.82, 2.24) is 31.2 Å². The molecule has 5 atom stereocenters. The van der Waals surface area contributed by atoms with Crippen LogP contribution in [0.3, 0.4) is 0 Å². The number of pyridine rings is 1. The third-order valence-electron chi connectivity index (χ3n) is 10.9. The van der Waals surface area contributed by atoms with Gasteiger partial charge in [-0.15, -0.1) is 6.58 Å². The van der Waals surface area contributed by atoms with E-state index in [9.17, 15) is 28.8 Å². The number of nitrogens with one attached hydrogen (secondary N) is 4. The van der Waals surface area contributed by atoms with Crippen LogP contribution in [0.5, 0.6) is 0 Å². The summed E-state index contributed by atoms with van der Waals surface area (Å²) in [5.74, 6) is -3.18. The molecular formula is C39H58N6O6. The first-order valence-electron chi connectivity index (χ1n) is 18.6. The Balaban J connectivity index is 1.60. The van der Waals surface area contributed by atoms with Gasteiger partial charge < -0.3 is 26.2 Å². The molecule has 0 radical (unpaired) electrons. The summed E-state index contributed by atoms with van der Waals surface area (Å²) in [6.07, 6.45) is 11.6. The highest BCUT2D eigenvalue weighted by atomic mass is 16.2. The lowest BCUT2D eigenvalue weighted by Crippen LogP contribution is -2.63. The number of nitrogens with zero attached hydrogens (tertiary/aromatic N) is 2. The summed E-state index contributed by atoms with van der Waals surface area (Å²) in [4.78, 5) is 88.1. The van der Waals surface area contributed by atoms with Crippen molar-refractivity contribution in [2.24, 2.45) is 28.6 Å². The summed E-state index contributed by atoms with van der Waals surface area (Å²) in [5, 5.41) is 11.4. The SMILES string of the molecule is C=CCNC(=O)C(=O)C(CC1CC1)NC(=O)[C@@H]1[C@@H](C(C)C)CCN1C(=O)C(NC(=O)C(NC(=O)c1cccnc1)C1(C)CCCCC1)C(C)(C)C. The molecule has 2 saturated carbocycles. The number of Topliss-reactive ketones (excluding diaryl/α,β-unsaturated/α-hetero) is 1. The molecule has 1 saturated heterocycles. The van der Waals surface area contributed by atoms with E-state index >= 15 is 0 Å². The number of amides is 5. The van der Waals surface area contributed by atoms with Crippen LogP contribution >= 0.6 is 0 Å². The van der Waals surface area contributed by atoms with E-state index in [-0.39, 0.29) is 24.3 Å². The van der Waals surface area contributed by atoms with Crippen LogP contribution < -0.4 is 21.3 Å². The van der Waals surface area contributed by atoms with E-state index in [1.807, 2.05) is 41.5 Å². The normalized spacial score (nSPS) is 21.9. The number of hydrogen-bond acceptors (Lipinski definition) is 7. The molecule has 0 aromatic carbocycles. The molecular weight excluding hydrogens is 648 g/mol. The molecule has 51 heavy (non-hydrogen) atoms. The zero-order valence-electron chi connectivity index (χ0n) is 31.3. The molecule has 12 nitrogen and oxygen atoms in total. The van der Waals surface area contributed by atoms with Crippen molar-refractivity contribution in [3.63, 3.8) is 0 Å². The van der Waals surface area contributed by atoms with Gasteiger partial charge in [0.15, 0.2) is 0 Å². The quantitative estimate of drug-likeness (QED) is 0.159. The fourth-order valence-corrected chi connectivity index (χ4v) is 7.64. The maximum Gasteiger partial charge on any atom is 0.289 e. The summed E-state index contributed by atoms with van der Waals surface area (Å²) in [7, 11) is 0. The van der Waals surface area contributed by atoms with Crippen LogP contribution in [0.1, 0.15) is 110 Å². The molecule has 280 valence electrons. The molecule has 2 heterocycles. The summed E-state index contributed by atoms with van der Waals surface area (Å²) in [6.45, 7) is 15.6. The highest BCUT2D eigenvalue weighted by Gasteiger charge is 2.49. The summed E-state index contributed by atoms with van der Waals surface area (Å²) < 4.78 is 0. The fourth-order valence-electron chi connectivity index (χ4n) is 7.64. The molecule has 3 aliphatic rings. The van der Waals surface area contributed by atoms with Crippen LogP contribution in [0, 0.1) is 28.6 Å². The lowest BCUT2D eigenvalue weighted by Gasteiger charge is -2.42. The minimum Gasteiger partial charge on any atom is -0.346 e. The second kappa shape index (κ2) is 17.0. The Hall–Kier alpha value is -4.09. The van der Waals surface area contributed by atoms with Gasteiger partial charge in [0.05, 0.1) is 11.6 Å². The second-order valence-electron chi connectivity index (χ2n) is 16.4. The lowest BCUT2D eigenvalue weighted by atomic mass is 9.70. The van der Waals surface area contributed by atoms with E-state index < -0.39 is 70.3 Å². The molecule has 1 aromatic heterocycles. The standard InChI is InChI=1S/C39H58N6O6/c1-8-19-41-35(49)30(46)28(22-25-14-15-25)42-34(48)29-27(24(2)3)16-21-45(29)37(51)32(38(4,5)6)44-36(50)31(39(7)17-10-9-11-18-39)43-33(47)26-13-12-20-40-23-26/h8,12-13,20,23-25,27-29,31-32H,1,9-11,14-19,21-22H2,2-7H3,(H,41,49)(H,42,48)(H,43,47)(H,44,50)/t27-,28?,29+,31?,32?/m1/s1. The Bertz CT molecular complexity index is 1450. The zero-order valence-corrected chi connectivity index (χ0v) is 31.3. The average Bonchev–Trinajstić information content (AvgIpc) is 3.80. The Morgan fingerprint density at radius 2 is 1.71 bits per heavy atom. The number of likely N-dealkylation sites (tertiary alicyclic amines) is 1. The van der Waals surface area contributed by atoms with Crippen LogP contribution in [0.15, 0.2) is 37.2 Å². The number of carbonyl (C=O) groups excluding carboxylic acids is 6. The van der Waals surface area contributed by atoms with Gasteiger partial charge in [-0.1, -0.05) is 79.7 Å². The van der Waals surface area contributed by atoms with Gasteiger partial charge in [0.1, 0.15) is 18.1 Å². The van der Waals surface area contributed by atoms with Crippen molar-refractivity contribution >= 4 is 35.3 Å². The molecule has 4 rings (SSSR count). The number of ketones is 1. The predicted octanol–water partition coefficient (Wildman–Crippen LogP) is 3.71. The lowest BCUT2D eigenvalue weighted by molar-refractivity contribution is -0.146. The summed E-state index contributed by atoms with van der Waals surface area (Å²) >= 11 is 0. The third kappa shape index (κ3) is 10.0. The number of aromatic nitrogens is 1. The fraction of sp³-hybridized carbons (Fsp3) is 0.667. The summed E-state index contributed by atoms with van der Waals surface area (Å²) in [5.41, 5.74) is -0.964. The first-order chi connectivity index (χ1) is 24.1. The van der Waals surface area contributed by atoms with Crippen molar-refractivity contribution in [1.29, 1.82) is 0 Å². The molecule has 4 N–H and O–H groups in total. The molecule has 1 aliphatic heterocycles. The Morgan fingerprint density at radius 1 is 1.02 bits per heavy atom. The van der Waals surface area contributed by atoms with Crippen LogP contribution in [-0.4, -0.2) is 82.5 Å². The number of carbonyl (C=O) groups is 6. The van der Waals surface area contributed by atoms with Gasteiger partial charge >= 0.3 is 0 Å². The van der Waals surface area contributed by atoms with Crippen LogP contribution in [-0.2, 0) is 24.0 Å². The van der Waals surface area contributed by atoms with Crippen molar-refractivity contribution in [3.8, 4) is 0 Å². The van der Waals surface area contributed by atoms with E-state index in [2.05, 4.69) is 32.8 Å². The second-order valence-corrected chi connectivity index (χ2v) is 16.4. The van der Waals surface area contributed by atoms with E-state index in [4.69, 9.17) is 0 Å².